The first-order chi connectivity index (χ1) is 25.2. The molecule has 10 rings (SSSR count). The Bertz CT molecular complexity index is 3190. The molecular formula is C45H23N5S. The Kier molecular flexibility index (Phi) is 6.17. The second-order valence-corrected chi connectivity index (χ2v) is 13.7. The number of nitriles is 2. The minimum absolute atomic E-state index is 0.282. The van der Waals surface area contributed by atoms with Crippen molar-refractivity contribution in [1.82, 2.24) is 9.13 Å². The Morgan fingerprint density at radius 1 is 0.529 bits per heavy atom. The van der Waals surface area contributed by atoms with Crippen LogP contribution >= 0.6 is 11.3 Å². The Morgan fingerprint density at radius 3 is 1.78 bits per heavy atom. The molecule has 6 heteroatoms. The van der Waals surface area contributed by atoms with Crippen LogP contribution in [-0.2, 0) is 0 Å². The third kappa shape index (κ3) is 3.99. The number of aromatic nitrogens is 2. The van der Waals surface area contributed by atoms with E-state index in [2.05, 4.69) is 105 Å². The van der Waals surface area contributed by atoms with Crippen molar-refractivity contribution in [2.24, 2.45) is 0 Å². The molecule has 3 aromatic heterocycles. The van der Waals surface area contributed by atoms with Gasteiger partial charge in [0.2, 0.25) is 5.69 Å². The smallest absolute Gasteiger partial charge is 0.211 e. The lowest BCUT2D eigenvalue weighted by Crippen LogP contribution is -2.03. The van der Waals surface area contributed by atoms with Gasteiger partial charge in [0, 0.05) is 47.3 Å². The summed E-state index contributed by atoms with van der Waals surface area (Å²) in [5, 5.41) is 27.5. The molecule has 234 valence electrons. The fraction of sp³-hybridized carbons (Fsp3) is 0. The molecule has 5 nitrogen and oxygen atoms in total. The number of fused-ring (bicyclic) bond motifs is 10. The van der Waals surface area contributed by atoms with E-state index in [-0.39, 0.29) is 5.56 Å². The summed E-state index contributed by atoms with van der Waals surface area (Å²) in [7, 11) is 0. The molecule has 51 heavy (non-hydrogen) atoms. The zero-order valence-corrected chi connectivity index (χ0v) is 27.7. The third-order valence-electron chi connectivity index (χ3n) is 10.0. The molecule has 10 aromatic rings. The molecule has 0 N–H and O–H groups in total. The Morgan fingerprint density at radius 2 is 1.12 bits per heavy atom. The molecule has 0 unspecified atom stereocenters. The van der Waals surface area contributed by atoms with Crippen molar-refractivity contribution in [3.05, 3.63) is 162 Å². The van der Waals surface area contributed by atoms with Crippen molar-refractivity contribution in [1.29, 1.82) is 10.5 Å². The van der Waals surface area contributed by atoms with Crippen LogP contribution in [0.5, 0.6) is 0 Å². The topological polar surface area (TPSA) is 61.8 Å². The fourth-order valence-corrected chi connectivity index (χ4v) is 9.03. The van der Waals surface area contributed by atoms with Crippen molar-refractivity contribution in [3.8, 4) is 34.6 Å². The van der Waals surface area contributed by atoms with Crippen LogP contribution < -0.4 is 0 Å². The Hall–Kier alpha value is -7.17. The van der Waals surface area contributed by atoms with Crippen molar-refractivity contribution in [2.45, 2.75) is 0 Å². The molecule has 0 aliphatic carbocycles. The molecule has 0 aliphatic heterocycles. The Balaban J connectivity index is 1.42. The van der Waals surface area contributed by atoms with Gasteiger partial charge in [-0.2, -0.15) is 10.5 Å². The first-order valence-corrected chi connectivity index (χ1v) is 17.3. The molecule has 0 saturated carbocycles. The SMILES string of the molecule is [C-]#[N+]c1cccc(-c2cc(C#N)c(C#N)cc2-n2c3ccccc3c3ccc4sc5ccccc5c4c32)c1-n1c2ccccc2c2ccccc21. The van der Waals surface area contributed by atoms with E-state index >= 15 is 0 Å². The van der Waals surface area contributed by atoms with Gasteiger partial charge in [-0.1, -0.05) is 97.1 Å². The Labute approximate surface area is 296 Å². The average Bonchev–Trinajstić information content (AvgIpc) is 3.84. The van der Waals surface area contributed by atoms with Gasteiger partial charge in [0.05, 0.1) is 51.1 Å². The van der Waals surface area contributed by atoms with Crippen LogP contribution in [0.25, 0.3) is 91.1 Å². The highest BCUT2D eigenvalue weighted by atomic mass is 32.1. The number of thiophene rings is 1. The molecule has 7 aromatic carbocycles. The zero-order chi connectivity index (χ0) is 34.2. The fourth-order valence-electron chi connectivity index (χ4n) is 7.93. The van der Waals surface area contributed by atoms with E-state index in [0.29, 0.717) is 11.3 Å². The molecule has 0 atom stereocenters. The molecule has 3 heterocycles. The van der Waals surface area contributed by atoms with Gasteiger partial charge in [-0.3, -0.25) is 0 Å². The predicted octanol–water partition coefficient (Wildman–Crippen LogP) is 12.2. The second kappa shape index (κ2) is 10.9. The number of hydrogen-bond donors (Lipinski definition) is 0. The second-order valence-electron chi connectivity index (χ2n) is 12.6. The standard InChI is InChI=1S/C45H23N5S/c1-48-36-16-10-15-32(44(36)49-37-17-6-2-11-29(37)30-12-3-7-18-38(30)49)35-23-27(25-46)28(26-47)24-40(35)50-39-19-8-4-13-31(39)33-21-22-42-43(45(33)50)34-14-5-9-20-41(34)51-42/h2-24H. The summed E-state index contributed by atoms with van der Waals surface area (Å²) in [5.41, 5.74) is 8.10. The first kappa shape index (κ1) is 28.8. The van der Waals surface area contributed by atoms with Gasteiger partial charge in [0.25, 0.3) is 0 Å². The number of nitrogens with zero attached hydrogens (tertiary/aromatic N) is 5. The maximum Gasteiger partial charge on any atom is 0.211 e. The van der Waals surface area contributed by atoms with E-state index < -0.39 is 0 Å². The predicted molar refractivity (Wildman–Crippen MR) is 209 cm³/mol. The molecule has 0 radical (unpaired) electrons. The molecule has 0 fully saturated rings. The quantitative estimate of drug-likeness (QED) is 0.176. The lowest BCUT2D eigenvalue weighted by Gasteiger charge is -2.20. The molecule has 0 amide bonds. The maximum absolute atomic E-state index is 10.4. The van der Waals surface area contributed by atoms with Gasteiger partial charge in [0.1, 0.15) is 12.1 Å². The largest absolute Gasteiger partial charge is 0.318 e. The zero-order valence-electron chi connectivity index (χ0n) is 26.9. The van der Waals surface area contributed by atoms with Crippen molar-refractivity contribution < 1.29 is 0 Å². The lowest BCUT2D eigenvalue weighted by atomic mass is 9.95. The number of hydrogen-bond acceptors (Lipinski definition) is 3. The number of benzene rings is 7. The summed E-state index contributed by atoms with van der Waals surface area (Å²) >= 11 is 1.77. The van der Waals surface area contributed by atoms with Gasteiger partial charge in [0.15, 0.2) is 0 Å². The van der Waals surface area contributed by atoms with Crippen LogP contribution in [0.15, 0.2) is 140 Å². The number of rotatable bonds is 3. The number of para-hydroxylation sites is 4. The highest BCUT2D eigenvalue weighted by Gasteiger charge is 2.25. The van der Waals surface area contributed by atoms with Gasteiger partial charge in [-0.05, 0) is 48.0 Å². The van der Waals surface area contributed by atoms with Gasteiger partial charge in [-0.15, -0.1) is 11.3 Å². The monoisotopic (exact) mass is 665 g/mol. The molecule has 0 saturated heterocycles. The molecule has 0 spiro atoms. The van der Waals surface area contributed by atoms with Crippen molar-refractivity contribution in [3.63, 3.8) is 0 Å². The minimum atomic E-state index is 0.282. The summed E-state index contributed by atoms with van der Waals surface area (Å²) in [5.74, 6) is 0. The van der Waals surface area contributed by atoms with Gasteiger partial charge >= 0.3 is 0 Å². The normalized spacial score (nSPS) is 11.5. The highest BCUT2D eigenvalue weighted by Crippen LogP contribution is 2.47. The minimum Gasteiger partial charge on any atom is -0.318 e. The van der Waals surface area contributed by atoms with Crippen LogP contribution in [0, 0.1) is 29.2 Å². The van der Waals surface area contributed by atoms with Crippen LogP contribution in [0.3, 0.4) is 0 Å². The summed E-state index contributed by atoms with van der Waals surface area (Å²) in [4.78, 5) is 4.07. The van der Waals surface area contributed by atoms with Crippen molar-refractivity contribution in [2.75, 3.05) is 0 Å². The molecular weight excluding hydrogens is 643 g/mol. The lowest BCUT2D eigenvalue weighted by molar-refractivity contribution is 1.16. The first-order valence-electron chi connectivity index (χ1n) is 16.5. The molecule has 0 bridgehead atoms. The van der Waals surface area contributed by atoms with E-state index in [1.165, 1.54) is 14.8 Å². The van der Waals surface area contributed by atoms with Gasteiger partial charge in [-0.25, -0.2) is 4.85 Å². The molecule has 0 aliphatic rings. The van der Waals surface area contributed by atoms with E-state index in [9.17, 15) is 10.5 Å². The van der Waals surface area contributed by atoms with E-state index in [0.717, 1.165) is 71.5 Å². The van der Waals surface area contributed by atoms with Crippen LogP contribution in [-0.4, -0.2) is 9.13 Å². The van der Waals surface area contributed by atoms with E-state index in [1.807, 2.05) is 60.7 Å². The summed E-state index contributed by atoms with van der Waals surface area (Å²) < 4.78 is 6.82. The van der Waals surface area contributed by atoms with Gasteiger partial charge < -0.3 is 9.13 Å². The third-order valence-corrected chi connectivity index (χ3v) is 11.2. The van der Waals surface area contributed by atoms with E-state index in [1.54, 1.807) is 11.3 Å². The summed E-state index contributed by atoms with van der Waals surface area (Å²) in [6.07, 6.45) is 0. The average molecular weight is 666 g/mol. The van der Waals surface area contributed by atoms with Crippen LogP contribution in [0.2, 0.25) is 0 Å². The highest BCUT2D eigenvalue weighted by molar-refractivity contribution is 7.26. The van der Waals surface area contributed by atoms with E-state index in [4.69, 9.17) is 6.57 Å². The van der Waals surface area contributed by atoms with Crippen molar-refractivity contribution >= 4 is 80.8 Å². The summed E-state index contributed by atoms with van der Waals surface area (Å²) in [6.45, 7) is 8.37. The summed E-state index contributed by atoms with van der Waals surface area (Å²) in [6, 6.07) is 51.9. The van der Waals surface area contributed by atoms with Crippen LogP contribution in [0.1, 0.15) is 11.1 Å². The maximum atomic E-state index is 10.4. The van der Waals surface area contributed by atoms with Crippen LogP contribution in [0.4, 0.5) is 5.69 Å².